The van der Waals surface area contributed by atoms with Crippen molar-refractivity contribution in [1.29, 1.82) is 0 Å². The minimum atomic E-state index is -0.230. The number of rotatable bonds is 8. The number of nitrogen functional groups attached to an aromatic ring is 1. The summed E-state index contributed by atoms with van der Waals surface area (Å²) in [6, 6.07) is 3.57. The Morgan fingerprint density at radius 1 is 1.33 bits per heavy atom. The maximum absolute atomic E-state index is 11.2. The summed E-state index contributed by atoms with van der Waals surface area (Å²) in [7, 11) is 0. The van der Waals surface area contributed by atoms with Crippen molar-refractivity contribution in [3.05, 3.63) is 28.7 Å². The van der Waals surface area contributed by atoms with Crippen LogP contribution >= 0.6 is 0 Å². The first-order valence-corrected chi connectivity index (χ1v) is 7.31. The van der Waals surface area contributed by atoms with Gasteiger partial charge in [-0.05, 0) is 25.0 Å². The number of ether oxygens (including phenoxy) is 1. The molecule has 4 N–H and O–H groups in total. The van der Waals surface area contributed by atoms with E-state index in [9.17, 15) is 4.79 Å². The second-order valence-electron chi connectivity index (χ2n) is 4.95. The molecule has 1 aromatic carbocycles. The minimum Gasteiger partial charge on any atom is -0.397 e. The molecule has 1 heterocycles. The summed E-state index contributed by atoms with van der Waals surface area (Å²) in [6.45, 7) is 4.50. The fraction of sp³-hybridized carbons (Fsp3) is 0.467. The molecule has 0 amide bonds. The summed E-state index contributed by atoms with van der Waals surface area (Å²) in [6.07, 6.45) is 4.44. The van der Waals surface area contributed by atoms with Crippen molar-refractivity contribution in [1.82, 2.24) is 9.97 Å². The van der Waals surface area contributed by atoms with E-state index in [1.807, 2.05) is 6.07 Å². The fourth-order valence-electron chi connectivity index (χ4n) is 2.00. The van der Waals surface area contributed by atoms with E-state index in [4.69, 9.17) is 10.5 Å². The average molecular weight is 290 g/mol. The van der Waals surface area contributed by atoms with Crippen LogP contribution in [0.5, 0.6) is 0 Å². The van der Waals surface area contributed by atoms with E-state index < -0.39 is 0 Å². The molecule has 21 heavy (non-hydrogen) atoms. The first-order chi connectivity index (χ1) is 10.2. The zero-order valence-electron chi connectivity index (χ0n) is 12.3. The number of nitrogens with zero attached hydrogens (tertiary/aromatic N) is 1. The van der Waals surface area contributed by atoms with Gasteiger partial charge in [0.05, 0.1) is 28.6 Å². The highest BCUT2D eigenvalue weighted by Crippen LogP contribution is 2.22. The summed E-state index contributed by atoms with van der Waals surface area (Å²) >= 11 is 0. The molecule has 0 saturated carbocycles. The molecule has 0 spiro atoms. The van der Waals surface area contributed by atoms with Crippen LogP contribution < -0.4 is 16.6 Å². The van der Waals surface area contributed by atoms with Gasteiger partial charge in [0.25, 0.3) is 5.56 Å². The van der Waals surface area contributed by atoms with Gasteiger partial charge in [-0.15, -0.1) is 0 Å². The van der Waals surface area contributed by atoms with E-state index in [2.05, 4.69) is 22.2 Å². The molecule has 0 saturated heterocycles. The van der Waals surface area contributed by atoms with E-state index in [0.29, 0.717) is 16.7 Å². The molecular weight excluding hydrogens is 268 g/mol. The molecule has 6 nitrogen and oxygen atoms in total. The van der Waals surface area contributed by atoms with Gasteiger partial charge in [-0.3, -0.25) is 4.79 Å². The third kappa shape index (κ3) is 4.46. The molecule has 0 unspecified atom stereocenters. The second-order valence-corrected chi connectivity index (χ2v) is 4.95. The molecule has 0 bridgehead atoms. The van der Waals surface area contributed by atoms with Gasteiger partial charge in [0.2, 0.25) is 0 Å². The van der Waals surface area contributed by atoms with Gasteiger partial charge >= 0.3 is 0 Å². The van der Waals surface area contributed by atoms with E-state index in [1.165, 1.54) is 6.20 Å². The first kappa shape index (κ1) is 15.3. The quantitative estimate of drug-likeness (QED) is 0.511. The number of aromatic nitrogens is 2. The highest BCUT2D eigenvalue weighted by molar-refractivity contribution is 5.85. The number of nitrogens with one attached hydrogen (secondary N) is 2. The van der Waals surface area contributed by atoms with Crippen molar-refractivity contribution in [2.45, 2.75) is 26.2 Å². The van der Waals surface area contributed by atoms with Gasteiger partial charge in [0, 0.05) is 19.8 Å². The molecule has 2 rings (SSSR count). The van der Waals surface area contributed by atoms with Crippen LogP contribution in [0.15, 0.2) is 23.1 Å². The van der Waals surface area contributed by atoms with Crippen molar-refractivity contribution >= 4 is 22.4 Å². The largest absolute Gasteiger partial charge is 0.397 e. The maximum atomic E-state index is 11.2. The van der Waals surface area contributed by atoms with Crippen LogP contribution in [0, 0.1) is 0 Å². The Morgan fingerprint density at radius 3 is 2.95 bits per heavy atom. The van der Waals surface area contributed by atoms with Crippen molar-refractivity contribution in [3.8, 4) is 0 Å². The number of aromatic amines is 1. The normalized spacial score (nSPS) is 10.9. The zero-order chi connectivity index (χ0) is 15.1. The number of H-pyrrole nitrogens is 1. The summed E-state index contributed by atoms with van der Waals surface area (Å²) in [5.41, 5.74) is 8.53. The van der Waals surface area contributed by atoms with Crippen molar-refractivity contribution in [2.24, 2.45) is 0 Å². The van der Waals surface area contributed by atoms with Crippen LogP contribution in [-0.4, -0.2) is 29.7 Å². The summed E-state index contributed by atoms with van der Waals surface area (Å²) in [5, 5.41) is 3.27. The number of nitrogens with two attached hydrogens (primary N) is 1. The minimum absolute atomic E-state index is 0.230. The average Bonchev–Trinajstić information content (AvgIpc) is 2.47. The second kappa shape index (κ2) is 7.64. The Balaban J connectivity index is 1.88. The lowest BCUT2D eigenvalue weighted by atomic mass is 10.2. The van der Waals surface area contributed by atoms with Gasteiger partial charge in [0.1, 0.15) is 0 Å². The van der Waals surface area contributed by atoms with Gasteiger partial charge < -0.3 is 20.8 Å². The third-order valence-electron chi connectivity index (χ3n) is 3.17. The number of hydrogen-bond donors (Lipinski definition) is 3. The highest BCUT2D eigenvalue weighted by atomic mass is 16.5. The molecule has 1 aromatic heterocycles. The number of unbranched alkanes of at least 4 members (excludes halogenated alkanes) is 1. The van der Waals surface area contributed by atoms with E-state index >= 15 is 0 Å². The standard InChI is InChI=1S/C15H22N4O2/c1-2-3-6-21-7-4-5-17-12-9-13-14(8-11(12)16)19-15(20)10-18-13/h8-10,17H,2-7,16H2,1H3,(H,19,20). The topological polar surface area (TPSA) is 93.0 Å². The Labute approximate surface area is 123 Å². The first-order valence-electron chi connectivity index (χ1n) is 7.31. The van der Waals surface area contributed by atoms with Crippen LogP contribution in [0.1, 0.15) is 26.2 Å². The zero-order valence-corrected chi connectivity index (χ0v) is 12.3. The fourth-order valence-corrected chi connectivity index (χ4v) is 2.00. The van der Waals surface area contributed by atoms with Crippen molar-refractivity contribution in [2.75, 3.05) is 30.8 Å². The monoisotopic (exact) mass is 290 g/mol. The van der Waals surface area contributed by atoms with Gasteiger partial charge in [0.15, 0.2) is 0 Å². The number of hydrogen-bond acceptors (Lipinski definition) is 5. The highest BCUT2D eigenvalue weighted by Gasteiger charge is 2.03. The predicted octanol–water partition coefficient (Wildman–Crippen LogP) is 2.12. The lowest BCUT2D eigenvalue weighted by molar-refractivity contribution is 0.131. The summed E-state index contributed by atoms with van der Waals surface area (Å²) in [4.78, 5) is 18.0. The Kier molecular flexibility index (Phi) is 5.57. The molecule has 0 aliphatic carbocycles. The molecule has 114 valence electrons. The Morgan fingerprint density at radius 2 is 2.14 bits per heavy atom. The van der Waals surface area contributed by atoms with Gasteiger partial charge in [-0.1, -0.05) is 13.3 Å². The molecular formula is C15H22N4O2. The molecule has 6 heteroatoms. The van der Waals surface area contributed by atoms with Crippen LogP contribution in [0.2, 0.25) is 0 Å². The molecule has 0 fully saturated rings. The van der Waals surface area contributed by atoms with E-state index in [1.54, 1.807) is 6.07 Å². The van der Waals surface area contributed by atoms with Crippen LogP contribution in [0.3, 0.4) is 0 Å². The van der Waals surface area contributed by atoms with Gasteiger partial charge in [-0.25, -0.2) is 4.98 Å². The van der Waals surface area contributed by atoms with E-state index in [-0.39, 0.29) is 5.56 Å². The summed E-state index contributed by atoms with van der Waals surface area (Å²) in [5.74, 6) is 0. The van der Waals surface area contributed by atoms with Crippen LogP contribution in [-0.2, 0) is 4.74 Å². The molecule has 0 aliphatic rings. The predicted molar refractivity (Wildman–Crippen MR) is 85.6 cm³/mol. The molecule has 0 radical (unpaired) electrons. The van der Waals surface area contributed by atoms with E-state index in [0.717, 1.165) is 44.7 Å². The Bertz CT molecular complexity index is 639. The smallest absolute Gasteiger partial charge is 0.266 e. The lowest BCUT2D eigenvalue weighted by Gasteiger charge is -2.10. The summed E-state index contributed by atoms with van der Waals surface area (Å²) < 4.78 is 5.50. The van der Waals surface area contributed by atoms with Crippen molar-refractivity contribution < 1.29 is 4.74 Å². The molecule has 2 aromatic rings. The van der Waals surface area contributed by atoms with Crippen LogP contribution in [0.4, 0.5) is 11.4 Å². The van der Waals surface area contributed by atoms with Crippen molar-refractivity contribution in [3.63, 3.8) is 0 Å². The van der Waals surface area contributed by atoms with Gasteiger partial charge in [-0.2, -0.15) is 0 Å². The SMILES string of the molecule is CCCCOCCCNc1cc2ncc(=O)[nH]c2cc1N. The number of fused-ring (bicyclic) bond motifs is 1. The lowest BCUT2D eigenvalue weighted by Crippen LogP contribution is -2.09. The number of anilines is 2. The molecule has 0 atom stereocenters. The third-order valence-corrected chi connectivity index (χ3v) is 3.17. The Hall–Kier alpha value is -2.08. The maximum Gasteiger partial charge on any atom is 0.266 e. The molecule has 0 aliphatic heterocycles. The number of benzene rings is 1. The van der Waals surface area contributed by atoms with Crippen LogP contribution in [0.25, 0.3) is 11.0 Å².